The summed E-state index contributed by atoms with van der Waals surface area (Å²) in [4.78, 5) is 27.1. The fourth-order valence-electron chi connectivity index (χ4n) is 3.42. The predicted octanol–water partition coefficient (Wildman–Crippen LogP) is 3.79. The average Bonchev–Trinajstić information content (AvgIpc) is 2.80. The second kappa shape index (κ2) is 9.05. The molecule has 1 heterocycles. The van der Waals surface area contributed by atoms with Gasteiger partial charge in [0.2, 0.25) is 5.91 Å². The van der Waals surface area contributed by atoms with Crippen molar-refractivity contribution in [3.05, 3.63) is 102 Å². The second-order valence-electron chi connectivity index (χ2n) is 6.96. The van der Waals surface area contributed by atoms with Gasteiger partial charge >= 0.3 is 0 Å². The van der Waals surface area contributed by atoms with Gasteiger partial charge in [-0.05, 0) is 23.3 Å². The number of anilines is 1. The summed E-state index contributed by atoms with van der Waals surface area (Å²) in [6.45, 7) is 0.270. The van der Waals surface area contributed by atoms with E-state index in [1.54, 1.807) is 17.2 Å². The van der Waals surface area contributed by atoms with E-state index in [4.69, 9.17) is 0 Å². The van der Waals surface area contributed by atoms with Crippen LogP contribution in [0.15, 0.2) is 90.0 Å². The van der Waals surface area contributed by atoms with Gasteiger partial charge in [0, 0.05) is 18.7 Å². The minimum absolute atomic E-state index is 0.0983. The molecule has 0 fully saturated rings. The molecule has 0 saturated carbocycles. The maximum atomic E-state index is 13.1. The number of para-hydroxylation sites is 1. The SMILES string of the molecule is O=C(CCN1C(=O)c2ccccc2NC1c1ccccc1)N/N=C/c1ccccc1. The van der Waals surface area contributed by atoms with Crippen molar-refractivity contribution in [2.45, 2.75) is 12.6 Å². The number of hydrazone groups is 1. The van der Waals surface area contributed by atoms with Crippen LogP contribution in [0.2, 0.25) is 0 Å². The van der Waals surface area contributed by atoms with Gasteiger partial charge in [0.25, 0.3) is 5.91 Å². The number of hydrogen-bond acceptors (Lipinski definition) is 4. The minimum Gasteiger partial charge on any atom is -0.361 e. The van der Waals surface area contributed by atoms with Gasteiger partial charge in [0.1, 0.15) is 6.17 Å². The standard InChI is InChI=1S/C24H22N4O2/c29-22(27-25-17-18-9-3-1-4-10-18)15-16-28-23(19-11-5-2-6-12-19)26-21-14-8-7-13-20(21)24(28)30/h1-14,17,23,26H,15-16H2,(H,27,29)/b25-17+. The number of carbonyl (C=O) groups is 2. The van der Waals surface area contributed by atoms with Crippen molar-refractivity contribution >= 4 is 23.7 Å². The summed E-state index contributed by atoms with van der Waals surface area (Å²) < 4.78 is 0. The van der Waals surface area contributed by atoms with E-state index in [0.29, 0.717) is 5.56 Å². The first kappa shape index (κ1) is 19.4. The largest absolute Gasteiger partial charge is 0.361 e. The molecule has 1 unspecified atom stereocenters. The van der Waals surface area contributed by atoms with Crippen molar-refractivity contribution in [3.63, 3.8) is 0 Å². The molecule has 30 heavy (non-hydrogen) atoms. The number of fused-ring (bicyclic) bond motifs is 1. The highest BCUT2D eigenvalue weighted by Crippen LogP contribution is 2.32. The Morgan fingerprint density at radius 2 is 1.63 bits per heavy atom. The quantitative estimate of drug-likeness (QED) is 0.490. The molecule has 0 radical (unpaired) electrons. The Labute approximate surface area is 175 Å². The van der Waals surface area contributed by atoms with Gasteiger partial charge in [-0.3, -0.25) is 9.59 Å². The highest BCUT2D eigenvalue weighted by Gasteiger charge is 2.32. The highest BCUT2D eigenvalue weighted by atomic mass is 16.2. The Morgan fingerprint density at radius 1 is 0.967 bits per heavy atom. The molecule has 0 bridgehead atoms. The van der Waals surface area contributed by atoms with E-state index in [0.717, 1.165) is 16.8 Å². The lowest BCUT2D eigenvalue weighted by Crippen LogP contribution is -2.44. The average molecular weight is 398 g/mol. The van der Waals surface area contributed by atoms with Crippen LogP contribution in [-0.4, -0.2) is 29.5 Å². The molecule has 1 aliphatic rings. The molecule has 2 N–H and O–H groups in total. The van der Waals surface area contributed by atoms with E-state index >= 15 is 0 Å². The van der Waals surface area contributed by atoms with Crippen LogP contribution >= 0.6 is 0 Å². The topological polar surface area (TPSA) is 73.8 Å². The molecule has 6 heteroatoms. The van der Waals surface area contributed by atoms with Crippen LogP contribution < -0.4 is 10.7 Å². The van der Waals surface area contributed by atoms with E-state index < -0.39 is 0 Å². The van der Waals surface area contributed by atoms with Gasteiger partial charge in [0.05, 0.1) is 11.8 Å². The number of hydrogen-bond donors (Lipinski definition) is 2. The zero-order chi connectivity index (χ0) is 20.8. The Hall–Kier alpha value is -3.93. The maximum absolute atomic E-state index is 13.1. The molecule has 3 aromatic rings. The third-order valence-electron chi connectivity index (χ3n) is 4.92. The highest BCUT2D eigenvalue weighted by molar-refractivity contribution is 6.01. The van der Waals surface area contributed by atoms with Crippen LogP contribution in [0.3, 0.4) is 0 Å². The summed E-state index contributed by atoms with van der Waals surface area (Å²) in [5.41, 5.74) is 5.79. The molecule has 1 atom stereocenters. The van der Waals surface area contributed by atoms with Crippen LogP contribution in [0, 0.1) is 0 Å². The summed E-state index contributed by atoms with van der Waals surface area (Å²) >= 11 is 0. The Kier molecular flexibility index (Phi) is 5.85. The molecule has 0 saturated heterocycles. The zero-order valence-electron chi connectivity index (χ0n) is 16.4. The van der Waals surface area contributed by atoms with Crippen molar-refractivity contribution in [2.24, 2.45) is 5.10 Å². The first-order chi connectivity index (χ1) is 14.7. The lowest BCUT2D eigenvalue weighted by molar-refractivity contribution is -0.121. The summed E-state index contributed by atoms with van der Waals surface area (Å²) in [5.74, 6) is -0.348. The number of benzene rings is 3. The summed E-state index contributed by atoms with van der Waals surface area (Å²) in [5, 5.41) is 7.42. The van der Waals surface area contributed by atoms with Crippen molar-refractivity contribution in [3.8, 4) is 0 Å². The summed E-state index contributed by atoms with van der Waals surface area (Å²) in [6.07, 6.45) is 1.40. The Balaban J connectivity index is 1.46. The Bertz CT molecular complexity index is 1050. The molecule has 0 aliphatic carbocycles. The number of nitrogens with zero attached hydrogens (tertiary/aromatic N) is 2. The normalized spacial score (nSPS) is 15.5. The van der Waals surface area contributed by atoms with Gasteiger partial charge in [-0.1, -0.05) is 72.8 Å². The smallest absolute Gasteiger partial charge is 0.257 e. The molecular formula is C24H22N4O2. The van der Waals surface area contributed by atoms with Crippen LogP contribution in [0.5, 0.6) is 0 Å². The molecule has 1 aliphatic heterocycles. The van der Waals surface area contributed by atoms with E-state index in [9.17, 15) is 9.59 Å². The van der Waals surface area contributed by atoms with Crippen LogP contribution in [0.4, 0.5) is 5.69 Å². The molecule has 3 aromatic carbocycles. The third kappa shape index (κ3) is 4.38. The van der Waals surface area contributed by atoms with Gasteiger partial charge in [-0.25, -0.2) is 5.43 Å². The van der Waals surface area contributed by atoms with Crippen molar-refractivity contribution in [1.29, 1.82) is 0 Å². The monoisotopic (exact) mass is 398 g/mol. The first-order valence-corrected chi connectivity index (χ1v) is 9.81. The van der Waals surface area contributed by atoms with Crippen molar-refractivity contribution in [2.75, 3.05) is 11.9 Å². The number of amides is 2. The van der Waals surface area contributed by atoms with Crippen molar-refractivity contribution < 1.29 is 9.59 Å². The maximum Gasteiger partial charge on any atom is 0.257 e. The molecule has 0 spiro atoms. The van der Waals surface area contributed by atoms with E-state index in [1.165, 1.54) is 0 Å². The second-order valence-corrected chi connectivity index (χ2v) is 6.96. The fraction of sp³-hybridized carbons (Fsp3) is 0.125. The van der Waals surface area contributed by atoms with Gasteiger partial charge in [-0.15, -0.1) is 0 Å². The molecule has 6 nitrogen and oxygen atoms in total. The van der Waals surface area contributed by atoms with Crippen molar-refractivity contribution in [1.82, 2.24) is 10.3 Å². The molecular weight excluding hydrogens is 376 g/mol. The lowest BCUT2D eigenvalue weighted by atomic mass is 10.0. The third-order valence-corrected chi connectivity index (χ3v) is 4.92. The van der Waals surface area contributed by atoms with Gasteiger partial charge < -0.3 is 10.2 Å². The van der Waals surface area contributed by atoms with E-state index in [1.807, 2.05) is 78.9 Å². The molecule has 2 amide bonds. The fourth-order valence-corrected chi connectivity index (χ4v) is 3.42. The summed E-state index contributed by atoms with van der Waals surface area (Å²) in [7, 11) is 0. The van der Waals surface area contributed by atoms with Gasteiger partial charge in [0.15, 0.2) is 0 Å². The lowest BCUT2D eigenvalue weighted by Gasteiger charge is -2.38. The van der Waals surface area contributed by atoms with Gasteiger partial charge in [-0.2, -0.15) is 5.10 Å². The number of carbonyl (C=O) groups excluding carboxylic acids is 2. The number of nitrogens with one attached hydrogen (secondary N) is 2. The molecule has 150 valence electrons. The first-order valence-electron chi connectivity index (χ1n) is 9.81. The summed E-state index contributed by atoms with van der Waals surface area (Å²) in [6, 6.07) is 26.7. The molecule has 0 aromatic heterocycles. The molecule has 4 rings (SSSR count). The van der Waals surface area contributed by atoms with Crippen LogP contribution in [0.25, 0.3) is 0 Å². The van der Waals surface area contributed by atoms with Crippen LogP contribution in [-0.2, 0) is 4.79 Å². The predicted molar refractivity (Wildman–Crippen MR) is 117 cm³/mol. The zero-order valence-corrected chi connectivity index (χ0v) is 16.4. The van der Waals surface area contributed by atoms with Crippen LogP contribution in [0.1, 0.15) is 34.1 Å². The van der Waals surface area contributed by atoms with E-state index in [-0.39, 0.29) is 30.9 Å². The minimum atomic E-state index is -0.339. The number of rotatable bonds is 6. The van der Waals surface area contributed by atoms with E-state index in [2.05, 4.69) is 15.8 Å². The Morgan fingerprint density at radius 3 is 2.40 bits per heavy atom.